The molecule has 31 heavy (non-hydrogen) atoms. The second kappa shape index (κ2) is 9.92. The van der Waals surface area contributed by atoms with Crippen molar-refractivity contribution < 1.29 is 9.53 Å². The third-order valence-corrected chi connectivity index (χ3v) is 5.73. The van der Waals surface area contributed by atoms with Crippen LogP contribution in [0.25, 0.3) is 0 Å². The number of anilines is 1. The molecule has 0 amide bonds. The predicted molar refractivity (Wildman–Crippen MR) is 127 cm³/mol. The van der Waals surface area contributed by atoms with Gasteiger partial charge in [-0.25, -0.2) is 0 Å². The van der Waals surface area contributed by atoms with E-state index in [0.29, 0.717) is 24.2 Å². The Balaban J connectivity index is 2.04. The monoisotopic (exact) mass is 482 g/mol. The van der Waals surface area contributed by atoms with Gasteiger partial charge < -0.3 is 14.5 Å². The van der Waals surface area contributed by atoms with Crippen LogP contribution < -0.4 is 4.90 Å². The number of pyridine rings is 1. The van der Waals surface area contributed by atoms with Gasteiger partial charge in [-0.15, -0.1) is 0 Å². The minimum atomic E-state index is -0.211. The van der Waals surface area contributed by atoms with Crippen molar-refractivity contribution in [1.29, 1.82) is 5.41 Å². The molecule has 2 aromatic rings. The zero-order valence-electron chi connectivity index (χ0n) is 18.2. The maximum absolute atomic E-state index is 11.7. The van der Waals surface area contributed by atoms with Crippen molar-refractivity contribution in [2.45, 2.75) is 26.7 Å². The number of hydrogen-bond acceptors (Lipinski definition) is 6. The molecule has 1 aromatic carbocycles. The van der Waals surface area contributed by atoms with E-state index in [2.05, 4.69) is 38.9 Å². The van der Waals surface area contributed by atoms with Crippen LogP contribution in [0.4, 0.5) is 5.69 Å². The fourth-order valence-corrected chi connectivity index (χ4v) is 4.03. The highest BCUT2D eigenvalue weighted by Crippen LogP contribution is 2.37. The third kappa shape index (κ3) is 5.22. The molecule has 1 atom stereocenters. The van der Waals surface area contributed by atoms with E-state index < -0.39 is 0 Å². The summed E-state index contributed by atoms with van der Waals surface area (Å²) in [4.78, 5) is 20.3. The lowest BCUT2D eigenvalue weighted by Gasteiger charge is -2.37. The molecule has 2 heterocycles. The van der Waals surface area contributed by atoms with E-state index in [1.807, 2.05) is 61.5 Å². The van der Waals surface area contributed by atoms with Gasteiger partial charge in [0.05, 0.1) is 24.2 Å². The van der Waals surface area contributed by atoms with Gasteiger partial charge in [-0.05, 0) is 49.6 Å². The highest BCUT2D eigenvalue weighted by atomic mass is 79.9. The quantitative estimate of drug-likeness (QED) is 0.427. The number of halogens is 1. The summed E-state index contributed by atoms with van der Waals surface area (Å²) in [7, 11) is 3.41. The van der Waals surface area contributed by atoms with Crippen molar-refractivity contribution in [2.75, 3.05) is 19.1 Å². The topological polar surface area (TPSA) is 69.5 Å². The molecule has 162 valence electrons. The number of rotatable bonds is 7. The van der Waals surface area contributed by atoms with Gasteiger partial charge in [0.1, 0.15) is 0 Å². The van der Waals surface area contributed by atoms with Crippen molar-refractivity contribution in [3.8, 4) is 0 Å². The van der Waals surface area contributed by atoms with E-state index in [0.717, 1.165) is 27.1 Å². The van der Waals surface area contributed by atoms with Crippen LogP contribution in [0.5, 0.6) is 0 Å². The normalized spacial score (nSPS) is 14.6. The largest absolute Gasteiger partial charge is 0.469 e. The lowest BCUT2D eigenvalue weighted by molar-refractivity contribution is -0.140. The van der Waals surface area contributed by atoms with Crippen LogP contribution in [0.2, 0.25) is 0 Å². The van der Waals surface area contributed by atoms with Crippen molar-refractivity contribution in [1.82, 2.24) is 9.88 Å². The number of carbonyl (C=O) groups is 1. The molecule has 0 bridgehead atoms. The van der Waals surface area contributed by atoms with Crippen LogP contribution in [-0.4, -0.2) is 35.7 Å². The molecular formula is C24H27BrN4O2. The first kappa shape index (κ1) is 22.7. The lowest BCUT2D eigenvalue weighted by atomic mass is 9.96. The SMILES string of the molecule is COC(=O)CC[C@H](C)C1=CN(C)C=C(C)N1c1ccc(Br)cc1C(=N)c1ccccn1. The molecule has 1 aromatic heterocycles. The Kier molecular flexibility index (Phi) is 7.28. The maximum Gasteiger partial charge on any atom is 0.305 e. The average molecular weight is 483 g/mol. The summed E-state index contributed by atoms with van der Waals surface area (Å²) in [5.74, 6) is -0.109. The number of benzene rings is 1. The minimum Gasteiger partial charge on any atom is -0.469 e. The Morgan fingerprint density at radius 2 is 2.03 bits per heavy atom. The highest BCUT2D eigenvalue weighted by Gasteiger charge is 2.27. The minimum absolute atomic E-state index is 0.103. The van der Waals surface area contributed by atoms with Crippen molar-refractivity contribution in [2.24, 2.45) is 5.92 Å². The summed E-state index contributed by atoms with van der Waals surface area (Å²) in [6, 6.07) is 11.5. The molecule has 0 unspecified atom stereocenters. The van der Waals surface area contributed by atoms with E-state index in [9.17, 15) is 4.79 Å². The van der Waals surface area contributed by atoms with Gasteiger partial charge in [0.25, 0.3) is 0 Å². The summed E-state index contributed by atoms with van der Waals surface area (Å²) in [5, 5.41) is 8.85. The van der Waals surface area contributed by atoms with Crippen molar-refractivity contribution in [3.05, 3.63) is 82.1 Å². The number of hydrogen-bond donors (Lipinski definition) is 1. The van der Waals surface area contributed by atoms with Gasteiger partial charge in [0.2, 0.25) is 0 Å². The van der Waals surface area contributed by atoms with E-state index in [4.69, 9.17) is 10.1 Å². The highest BCUT2D eigenvalue weighted by molar-refractivity contribution is 9.10. The summed E-state index contributed by atoms with van der Waals surface area (Å²) >= 11 is 3.55. The van der Waals surface area contributed by atoms with Gasteiger partial charge in [-0.3, -0.25) is 15.2 Å². The van der Waals surface area contributed by atoms with Crippen LogP contribution in [0, 0.1) is 11.3 Å². The number of ether oxygens (including phenoxy) is 1. The van der Waals surface area contributed by atoms with Crippen LogP contribution in [-0.2, 0) is 9.53 Å². The fraction of sp³-hybridized carbons (Fsp3) is 0.292. The second-order valence-electron chi connectivity index (χ2n) is 7.59. The van der Waals surface area contributed by atoms with E-state index in [-0.39, 0.29) is 11.9 Å². The van der Waals surface area contributed by atoms with E-state index in [1.54, 1.807) is 6.20 Å². The number of carbonyl (C=O) groups excluding carboxylic acids is 1. The molecule has 6 nitrogen and oxygen atoms in total. The molecule has 0 radical (unpaired) electrons. The zero-order valence-corrected chi connectivity index (χ0v) is 19.8. The van der Waals surface area contributed by atoms with Crippen molar-refractivity contribution >= 4 is 33.3 Å². The van der Waals surface area contributed by atoms with Crippen LogP contribution >= 0.6 is 15.9 Å². The molecule has 0 fully saturated rings. The molecule has 0 aliphatic carbocycles. The van der Waals surface area contributed by atoms with E-state index >= 15 is 0 Å². The molecule has 1 aliphatic heterocycles. The maximum atomic E-state index is 11.7. The molecule has 7 heteroatoms. The number of methoxy groups -OCH3 is 1. The average Bonchev–Trinajstić information content (AvgIpc) is 2.77. The third-order valence-electron chi connectivity index (χ3n) is 5.24. The summed E-state index contributed by atoms with van der Waals surface area (Å²) < 4.78 is 5.72. The number of esters is 1. The fourth-order valence-electron chi connectivity index (χ4n) is 3.67. The first-order chi connectivity index (χ1) is 14.8. The molecule has 1 aliphatic rings. The van der Waals surface area contributed by atoms with Gasteiger partial charge in [0, 0.05) is 53.5 Å². The van der Waals surface area contributed by atoms with Crippen molar-refractivity contribution in [3.63, 3.8) is 0 Å². The number of aromatic nitrogens is 1. The lowest BCUT2D eigenvalue weighted by Crippen LogP contribution is -2.32. The molecule has 0 spiro atoms. The standard InChI is InChI=1S/C24H27BrN4O2/c1-16(8-11-23(30)31-4)22-15-28(3)14-17(2)29(22)21-10-9-18(25)13-19(21)24(26)20-7-5-6-12-27-20/h5-7,9-10,12-16,26H,8,11H2,1-4H3/t16-/m0/s1. The first-order valence-electron chi connectivity index (χ1n) is 10.1. The number of nitrogens with zero attached hydrogens (tertiary/aromatic N) is 3. The Morgan fingerprint density at radius 1 is 1.26 bits per heavy atom. The molecule has 0 saturated heterocycles. The van der Waals surface area contributed by atoms with Gasteiger partial charge in [0.15, 0.2) is 0 Å². The second-order valence-corrected chi connectivity index (χ2v) is 8.51. The zero-order chi connectivity index (χ0) is 22.5. The van der Waals surface area contributed by atoms with Gasteiger partial charge >= 0.3 is 5.97 Å². The molecule has 0 saturated carbocycles. The summed E-state index contributed by atoms with van der Waals surface area (Å²) in [6.07, 6.45) is 6.84. The van der Waals surface area contributed by atoms with Crippen LogP contribution in [0.15, 0.2) is 70.9 Å². The van der Waals surface area contributed by atoms with Gasteiger partial charge in [-0.2, -0.15) is 0 Å². The first-order valence-corrected chi connectivity index (χ1v) is 10.9. The predicted octanol–water partition coefficient (Wildman–Crippen LogP) is 5.30. The van der Waals surface area contributed by atoms with Gasteiger partial charge in [-0.1, -0.05) is 28.9 Å². The smallest absolute Gasteiger partial charge is 0.305 e. The Morgan fingerprint density at radius 3 is 2.71 bits per heavy atom. The molecule has 3 rings (SSSR count). The Bertz CT molecular complexity index is 1030. The summed E-state index contributed by atoms with van der Waals surface area (Å²) in [6.45, 7) is 4.16. The van der Waals surface area contributed by atoms with Crippen LogP contribution in [0.1, 0.15) is 37.9 Å². The summed E-state index contributed by atoms with van der Waals surface area (Å²) in [5.41, 5.74) is 4.73. The Labute approximate surface area is 191 Å². The number of nitrogens with one attached hydrogen (secondary N) is 1. The molecule has 1 N–H and O–H groups in total. The van der Waals surface area contributed by atoms with E-state index in [1.165, 1.54) is 7.11 Å². The van der Waals surface area contributed by atoms with Crippen LogP contribution in [0.3, 0.4) is 0 Å². The molecular weight excluding hydrogens is 456 g/mol. The number of allylic oxidation sites excluding steroid dienone is 2. The Hall–Kier alpha value is -2.93.